The molecular weight excluding hydrogens is 194 g/mol. The highest BCUT2D eigenvalue weighted by atomic mass is 14.9. The van der Waals surface area contributed by atoms with Gasteiger partial charge in [0.25, 0.3) is 0 Å². The molecule has 1 N–H and O–H groups in total. The van der Waals surface area contributed by atoms with E-state index in [0.29, 0.717) is 6.04 Å². The standard InChI is InChI=1S/C15H25N/c1-5-13-7-9-14(10-8-13)15(16-4)11-6-12(2)3/h7-10,12,15-16H,5-6,11H2,1-4H3. The van der Waals surface area contributed by atoms with Gasteiger partial charge in [0, 0.05) is 6.04 Å². The van der Waals surface area contributed by atoms with Gasteiger partial charge in [0.2, 0.25) is 0 Å². The molecule has 0 saturated carbocycles. The van der Waals surface area contributed by atoms with E-state index in [9.17, 15) is 0 Å². The summed E-state index contributed by atoms with van der Waals surface area (Å²) < 4.78 is 0. The minimum atomic E-state index is 0.508. The molecule has 1 atom stereocenters. The molecule has 0 heterocycles. The van der Waals surface area contributed by atoms with Gasteiger partial charge in [0.15, 0.2) is 0 Å². The zero-order chi connectivity index (χ0) is 12.0. The van der Waals surface area contributed by atoms with E-state index in [1.807, 2.05) is 0 Å². The van der Waals surface area contributed by atoms with Crippen LogP contribution in [-0.2, 0) is 6.42 Å². The molecule has 0 fully saturated rings. The molecule has 90 valence electrons. The predicted molar refractivity (Wildman–Crippen MR) is 71.7 cm³/mol. The van der Waals surface area contributed by atoms with Crippen molar-refractivity contribution in [3.05, 3.63) is 35.4 Å². The van der Waals surface area contributed by atoms with Crippen LogP contribution in [0.2, 0.25) is 0 Å². The fourth-order valence-electron chi connectivity index (χ4n) is 1.96. The molecule has 0 radical (unpaired) electrons. The Morgan fingerprint density at radius 2 is 1.69 bits per heavy atom. The van der Waals surface area contributed by atoms with Crippen LogP contribution < -0.4 is 5.32 Å². The molecule has 16 heavy (non-hydrogen) atoms. The minimum Gasteiger partial charge on any atom is -0.313 e. The summed E-state index contributed by atoms with van der Waals surface area (Å²) >= 11 is 0. The first kappa shape index (κ1) is 13.2. The van der Waals surface area contributed by atoms with Crippen molar-refractivity contribution in [1.29, 1.82) is 0 Å². The lowest BCUT2D eigenvalue weighted by Gasteiger charge is -2.18. The number of hydrogen-bond donors (Lipinski definition) is 1. The molecule has 0 aliphatic carbocycles. The highest BCUT2D eigenvalue weighted by molar-refractivity contribution is 5.24. The Morgan fingerprint density at radius 3 is 2.12 bits per heavy atom. The maximum absolute atomic E-state index is 3.41. The zero-order valence-corrected chi connectivity index (χ0v) is 11.1. The van der Waals surface area contributed by atoms with E-state index in [2.05, 4.69) is 57.4 Å². The van der Waals surface area contributed by atoms with Crippen LogP contribution in [0.15, 0.2) is 24.3 Å². The lowest BCUT2D eigenvalue weighted by atomic mass is 9.97. The molecule has 1 nitrogen and oxygen atoms in total. The molecule has 0 aliphatic rings. The van der Waals surface area contributed by atoms with Gasteiger partial charge < -0.3 is 5.32 Å². The number of rotatable bonds is 6. The summed E-state index contributed by atoms with van der Waals surface area (Å²) in [6, 6.07) is 9.53. The molecule has 0 aromatic heterocycles. The predicted octanol–water partition coefficient (Wildman–Crippen LogP) is 3.95. The Morgan fingerprint density at radius 1 is 1.06 bits per heavy atom. The molecule has 1 aromatic rings. The minimum absolute atomic E-state index is 0.508. The second-order valence-corrected chi connectivity index (χ2v) is 4.91. The van der Waals surface area contributed by atoms with E-state index in [0.717, 1.165) is 12.3 Å². The Kier molecular flexibility index (Phi) is 5.54. The van der Waals surface area contributed by atoms with Gasteiger partial charge in [0.1, 0.15) is 0 Å². The maximum atomic E-state index is 3.41. The van der Waals surface area contributed by atoms with Crippen LogP contribution in [0, 0.1) is 5.92 Å². The summed E-state index contributed by atoms with van der Waals surface area (Å²) in [5, 5.41) is 3.41. The first-order chi connectivity index (χ1) is 7.67. The highest BCUT2D eigenvalue weighted by Crippen LogP contribution is 2.21. The topological polar surface area (TPSA) is 12.0 Å². The van der Waals surface area contributed by atoms with E-state index < -0.39 is 0 Å². The van der Waals surface area contributed by atoms with Gasteiger partial charge in [-0.3, -0.25) is 0 Å². The molecule has 0 amide bonds. The normalized spacial score (nSPS) is 13.1. The van der Waals surface area contributed by atoms with Gasteiger partial charge >= 0.3 is 0 Å². The molecular formula is C15H25N. The van der Waals surface area contributed by atoms with Crippen molar-refractivity contribution in [2.24, 2.45) is 5.92 Å². The lowest BCUT2D eigenvalue weighted by Crippen LogP contribution is -2.16. The number of aryl methyl sites for hydroxylation is 1. The van der Waals surface area contributed by atoms with E-state index in [1.165, 1.54) is 24.0 Å². The zero-order valence-electron chi connectivity index (χ0n) is 11.1. The van der Waals surface area contributed by atoms with Gasteiger partial charge in [-0.05, 0) is 43.4 Å². The van der Waals surface area contributed by atoms with Crippen molar-refractivity contribution in [2.45, 2.75) is 46.1 Å². The molecule has 0 aliphatic heterocycles. The van der Waals surface area contributed by atoms with Crippen LogP contribution in [0.3, 0.4) is 0 Å². The van der Waals surface area contributed by atoms with E-state index in [4.69, 9.17) is 0 Å². The third kappa shape index (κ3) is 3.97. The van der Waals surface area contributed by atoms with Crippen molar-refractivity contribution >= 4 is 0 Å². The molecule has 1 unspecified atom stereocenters. The molecule has 0 saturated heterocycles. The average molecular weight is 219 g/mol. The monoisotopic (exact) mass is 219 g/mol. The Hall–Kier alpha value is -0.820. The summed E-state index contributed by atoms with van der Waals surface area (Å²) in [5.41, 5.74) is 2.84. The third-order valence-corrected chi connectivity index (χ3v) is 3.17. The average Bonchev–Trinajstić information content (AvgIpc) is 2.30. The summed E-state index contributed by atoms with van der Waals surface area (Å²) in [6.45, 7) is 6.77. The molecule has 0 bridgehead atoms. The van der Waals surface area contributed by atoms with E-state index >= 15 is 0 Å². The fourth-order valence-corrected chi connectivity index (χ4v) is 1.96. The summed E-state index contributed by atoms with van der Waals surface area (Å²) in [4.78, 5) is 0. The molecule has 1 heteroatoms. The van der Waals surface area contributed by atoms with Gasteiger partial charge in [-0.25, -0.2) is 0 Å². The fraction of sp³-hybridized carbons (Fsp3) is 0.600. The number of benzene rings is 1. The Bertz CT molecular complexity index is 287. The van der Waals surface area contributed by atoms with Crippen molar-refractivity contribution in [1.82, 2.24) is 5.32 Å². The van der Waals surface area contributed by atoms with Crippen molar-refractivity contribution in [3.8, 4) is 0 Å². The molecule has 1 aromatic carbocycles. The highest BCUT2D eigenvalue weighted by Gasteiger charge is 2.09. The van der Waals surface area contributed by atoms with E-state index in [-0.39, 0.29) is 0 Å². The Balaban J connectivity index is 2.63. The molecule has 1 rings (SSSR count). The largest absolute Gasteiger partial charge is 0.313 e. The van der Waals surface area contributed by atoms with Crippen molar-refractivity contribution in [3.63, 3.8) is 0 Å². The number of nitrogens with one attached hydrogen (secondary N) is 1. The van der Waals surface area contributed by atoms with Crippen molar-refractivity contribution < 1.29 is 0 Å². The van der Waals surface area contributed by atoms with Crippen LogP contribution in [0.25, 0.3) is 0 Å². The summed E-state index contributed by atoms with van der Waals surface area (Å²) in [6.07, 6.45) is 3.62. The van der Waals surface area contributed by atoms with Crippen LogP contribution in [0.4, 0.5) is 0 Å². The number of hydrogen-bond acceptors (Lipinski definition) is 1. The first-order valence-electron chi connectivity index (χ1n) is 6.43. The lowest BCUT2D eigenvalue weighted by molar-refractivity contribution is 0.465. The summed E-state index contributed by atoms with van der Waals surface area (Å²) in [5.74, 6) is 0.783. The second-order valence-electron chi connectivity index (χ2n) is 4.91. The van der Waals surface area contributed by atoms with Crippen LogP contribution in [0.1, 0.15) is 50.8 Å². The van der Waals surface area contributed by atoms with Crippen LogP contribution >= 0.6 is 0 Å². The van der Waals surface area contributed by atoms with Crippen LogP contribution in [-0.4, -0.2) is 7.05 Å². The quantitative estimate of drug-likeness (QED) is 0.764. The molecule has 0 spiro atoms. The first-order valence-corrected chi connectivity index (χ1v) is 6.43. The van der Waals surface area contributed by atoms with Crippen molar-refractivity contribution in [2.75, 3.05) is 7.05 Å². The third-order valence-electron chi connectivity index (χ3n) is 3.17. The van der Waals surface area contributed by atoms with Gasteiger partial charge in [-0.1, -0.05) is 45.0 Å². The van der Waals surface area contributed by atoms with Gasteiger partial charge in [-0.2, -0.15) is 0 Å². The smallest absolute Gasteiger partial charge is 0.0317 e. The van der Waals surface area contributed by atoms with Gasteiger partial charge in [-0.15, -0.1) is 0 Å². The van der Waals surface area contributed by atoms with Crippen LogP contribution in [0.5, 0.6) is 0 Å². The SMILES string of the molecule is CCc1ccc(C(CCC(C)C)NC)cc1. The summed E-state index contributed by atoms with van der Waals surface area (Å²) in [7, 11) is 2.05. The Labute approximate surface area is 100 Å². The second kappa shape index (κ2) is 6.70. The van der Waals surface area contributed by atoms with E-state index in [1.54, 1.807) is 0 Å². The maximum Gasteiger partial charge on any atom is 0.0317 e. The van der Waals surface area contributed by atoms with Gasteiger partial charge in [0.05, 0.1) is 0 Å².